The van der Waals surface area contributed by atoms with Crippen molar-refractivity contribution in [2.45, 2.75) is 539 Å². The molecule has 2 N–H and O–H groups in total. The van der Waals surface area contributed by atoms with E-state index in [2.05, 4.69) is 216 Å². The number of aliphatic hydroxyl groups excluding tert-OH is 1. The summed E-state index contributed by atoms with van der Waals surface area (Å²) >= 11 is 0. The lowest BCUT2D eigenvalue weighted by Crippen LogP contribution is -2.42. The molecule has 0 bridgehead atoms. The Balaban J connectivity index is -0.000000453. The molecule has 13 rings (SSSR count). The number of aliphatic hydroxyl groups is 1. The van der Waals surface area contributed by atoms with Gasteiger partial charge in [0.2, 0.25) is 17.7 Å². The molecule has 136 heavy (non-hydrogen) atoms. The van der Waals surface area contributed by atoms with Gasteiger partial charge in [-0.15, -0.1) is 0 Å². The van der Waals surface area contributed by atoms with Crippen LogP contribution < -0.4 is 0 Å². The number of morpholine rings is 1. The Morgan fingerprint density at radius 2 is 0.721 bits per heavy atom. The molecule has 810 valence electrons. The molecule has 0 spiro atoms. The number of piperidine rings is 1. The van der Waals surface area contributed by atoms with Crippen molar-refractivity contribution in [1.29, 1.82) is 0 Å². The van der Waals surface area contributed by atoms with E-state index in [1.807, 2.05) is 48.5 Å². The van der Waals surface area contributed by atoms with Crippen LogP contribution in [0.4, 0.5) is 0 Å². The van der Waals surface area contributed by atoms with Gasteiger partial charge >= 0.3 is 0 Å². The van der Waals surface area contributed by atoms with Crippen molar-refractivity contribution < 1.29 is 38.6 Å². The van der Waals surface area contributed by atoms with Crippen LogP contribution in [0.3, 0.4) is 0 Å². The number of hydrogen-bond acceptors (Lipinski definition) is 10. The van der Waals surface area contributed by atoms with E-state index in [0.29, 0.717) is 69.6 Å². The summed E-state index contributed by atoms with van der Waals surface area (Å²) in [5, 5.41) is 15.4. The van der Waals surface area contributed by atoms with Crippen LogP contribution in [0.15, 0.2) is 18.5 Å². The second-order valence-corrected chi connectivity index (χ2v) is 48.5. The number of carbonyl (C=O) groups is 6. The minimum absolute atomic E-state index is 0. The standard InChI is InChI=1S/C11H20O.C10H19NO.2C10H18O.C9H17NO.3C9H18.C8H17NO.C8H15NO.C8H16O.C7H14.C5H12.C3H4N2.2C2H6.2CH4/c1-9(2)7-11(12)8-10-5-3-4-6-10;1-9(2)8-10(12)11-6-4-3-5-7-11;2*1-8(2)6-10(4-5-10)7-9(3)11;1-8(2)7-9(11)10-5-3-4-6-10;1-8(2)7-9-5-3-4-6-9;2*1-4-9(5-6-9)7-8(2)3;1-8(2)7-9-3-5-10-6-4-9;1-7(2)6-8(10)9-4-3-5-9;1-6(2)7-3-4-8(9)5-7;1-6(2)7-4-3-5-7;1-4-5(2)3;1-2-4-5-3-1;2*1-2;;/h9-10H,3-8H2,1-2H3;9H,3-8H2,1-2H3;2*8H,4-7H2,1-3H3;8H,3-7H2,1-2H3;8-9H,3-7H2,1-2H3;2*8H,4-7H2,1-3H3;8H,3-7H2,1-2H3;7H,3-6H2,1-2H3;6-9H,3-5H2,1-2H3;6-7H,3-5H2,1-2H3;5H,4H2,1-3H3;1-3H,(H,4,5);2*1-2H3;2*1H4. The maximum absolute atomic E-state index is 11.5. The lowest BCUT2D eigenvalue weighted by Gasteiger charge is -2.31. The fourth-order valence-electron chi connectivity index (χ4n) is 19.9. The van der Waals surface area contributed by atoms with E-state index >= 15 is 0 Å². The molecule has 4 saturated heterocycles. The lowest BCUT2D eigenvalue weighted by atomic mass is 9.78. The number of rotatable bonds is 31. The maximum atomic E-state index is 11.5. The number of Topliss-reactive ketones (excluding diaryl/α,β-unsaturated/α-hetero) is 3. The van der Waals surface area contributed by atoms with Gasteiger partial charge in [0.25, 0.3) is 0 Å². The quantitative estimate of drug-likeness (QED) is 0.0728. The van der Waals surface area contributed by atoms with E-state index in [1.165, 1.54) is 225 Å². The molecule has 0 aromatic carbocycles. The first-order chi connectivity index (χ1) is 63.1. The summed E-state index contributed by atoms with van der Waals surface area (Å²) in [6.07, 6.45) is 57.5. The van der Waals surface area contributed by atoms with Gasteiger partial charge in [-0.3, -0.25) is 29.2 Å². The topological polar surface area (TPSA) is 174 Å². The number of ketones is 3. The highest BCUT2D eigenvalue weighted by Gasteiger charge is 2.45. The van der Waals surface area contributed by atoms with Gasteiger partial charge in [-0.25, -0.2) is 0 Å². The van der Waals surface area contributed by atoms with E-state index in [4.69, 9.17) is 9.84 Å². The molecule has 5 heterocycles. The molecule has 3 amide bonds. The van der Waals surface area contributed by atoms with Gasteiger partial charge in [-0.05, 0) is 283 Å². The molecule has 8 aliphatic carbocycles. The Morgan fingerprint density at radius 3 is 0.926 bits per heavy atom. The average molecular weight is 1920 g/mol. The summed E-state index contributed by atoms with van der Waals surface area (Å²) in [6, 6.07) is 1.83. The Bertz CT molecular complexity index is 2810. The highest BCUT2D eigenvalue weighted by molar-refractivity contribution is 5.79. The van der Waals surface area contributed by atoms with Crippen molar-refractivity contribution in [2.75, 3.05) is 72.1 Å². The molecule has 12 aliphatic rings. The zero-order valence-electron chi connectivity index (χ0n) is 96.3. The molecule has 1 aromatic heterocycles. The first kappa shape index (κ1) is 141. The number of nitrogens with one attached hydrogen (secondary N) is 1. The molecule has 0 radical (unpaired) electrons. The summed E-state index contributed by atoms with van der Waals surface area (Å²) in [5.41, 5.74) is 2.52. The van der Waals surface area contributed by atoms with Crippen LogP contribution in [0, 0.1) is 122 Å². The van der Waals surface area contributed by atoms with Gasteiger partial charge in [-0.2, -0.15) is 5.10 Å². The Labute approximate surface area is 850 Å². The Kier molecular flexibility index (Phi) is 85.8. The molecule has 12 fully saturated rings. The van der Waals surface area contributed by atoms with Gasteiger partial charge < -0.3 is 34.1 Å². The number of likely N-dealkylation sites (tertiary alicyclic amines) is 3. The predicted octanol–water partition coefficient (Wildman–Crippen LogP) is 34.4. The lowest BCUT2D eigenvalue weighted by molar-refractivity contribution is -0.135. The van der Waals surface area contributed by atoms with E-state index in [1.54, 1.807) is 26.2 Å². The summed E-state index contributed by atoms with van der Waals surface area (Å²) in [7, 11) is 0. The smallest absolute Gasteiger partial charge is 0.222 e. The predicted molar refractivity (Wildman–Crippen MR) is 596 cm³/mol. The molecular weight excluding hydrogens is 1680 g/mol. The van der Waals surface area contributed by atoms with E-state index in [-0.39, 0.29) is 21.0 Å². The van der Waals surface area contributed by atoms with Crippen molar-refractivity contribution in [3.05, 3.63) is 18.5 Å². The summed E-state index contributed by atoms with van der Waals surface area (Å²) in [6.45, 7) is 87.3. The fourth-order valence-corrected chi connectivity index (χ4v) is 19.9. The molecule has 4 aliphatic heterocycles. The fraction of sp³-hybridized carbons (Fsp3) is 0.926. The van der Waals surface area contributed by atoms with Crippen LogP contribution in [-0.4, -0.2) is 148 Å². The van der Waals surface area contributed by atoms with Gasteiger partial charge in [-0.1, -0.05) is 333 Å². The van der Waals surface area contributed by atoms with Crippen molar-refractivity contribution in [2.24, 2.45) is 122 Å². The van der Waals surface area contributed by atoms with Crippen LogP contribution in [0.1, 0.15) is 533 Å². The molecule has 14 nitrogen and oxygen atoms in total. The molecule has 2 unspecified atom stereocenters. The molecule has 8 saturated carbocycles. The van der Waals surface area contributed by atoms with Gasteiger partial charge in [0.15, 0.2) is 0 Å². The number of aromatic amines is 1. The number of amides is 3. The number of hydrogen-bond donors (Lipinski definition) is 2. The van der Waals surface area contributed by atoms with E-state index in [9.17, 15) is 28.8 Å². The van der Waals surface area contributed by atoms with Gasteiger partial charge in [0.05, 0.1) is 19.3 Å². The second kappa shape index (κ2) is 82.8. The number of aromatic nitrogens is 2. The van der Waals surface area contributed by atoms with Crippen molar-refractivity contribution >= 4 is 35.1 Å². The third-order valence-electron chi connectivity index (χ3n) is 28.4. The maximum Gasteiger partial charge on any atom is 0.222 e. The first-order valence-corrected chi connectivity index (χ1v) is 57.3. The van der Waals surface area contributed by atoms with Crippen LogP contribution in [0.5, 0.6) is 0 Å². The molecule has 14 heteroatoms. The summed E-state index contributed by atoms with van der Waals surface area (Å²) in [4.78, 5) is 75.6. The number of ether oxygens (including phenoxy) is 1. The Hall–Kier alpha value is -3.49. The van der Waals surface area contributed by atoms with Crippen LogP contribution in [0.2, 0.25) is 0 Å². The highest BCUT2D eigenvalue weighted by Crippen LogP contribution is 2.56. The van der Waals surface area contributed by atoms with E-state index in [0.717, 1.165) is 211 Å². The molecule has 2 atom stereocenters. The number of H-pyrrole nitrogens is 1. The summed E-state index contributed by atoms with van der Waals surface area (Å²) < 4.78 is 5.24. The van der Waals surface area contributed by atoms with Crippen LogP contribution in [-0.2, 0) is 33.5 Å². The average Bonchev–Trinajstić information content (AvgIpc) is 1.59. The normalized spacial score (nSPS) is 19.6. The third-order valence-corrected chi connectivity index (χ3v) is 28.4. The minimum atomic E-state index is 0. The first-order valence-electron chi connectivity index (χ1n) is 57.3. The Morgan fingerprint density at radius 1 is 0.382 bits per heavy atom. The molecule has 1 aromatic rings. The van der Waals surface area contributed by atoms with Crippen molar-refractivity contribution in [3.63, 3.8) is 0 Å². The number of carbonyl (C=O) groups excluding carboxylic acids is 6. The largest absolute Gasteiger partial charge is 0.393 e. The SMILES string of the molecule is C.C.CC.CC.CC(=O)CC1(CC(C)C)CC1.CC(=O)CC1(CC(C)C)CC1.CC(C)C1CCC(O)C1.CC(C)C1CCC1.CC(C)CC(=O)CC1CCCC1.CC(C)CC(=O)N1CCC1.CC(C)CC(=O)N1CCCC1.CC(C)CC(=O)N1CCCCC1.CC(C)CC1CCCC1.CC(C)CN1CCOCC1.CCC(C)C.CCC1(CC(C)C)CC1.CCC1(CC(C)C)CC1.c1cn[nH]c1. The zero-order chi connectivity index (χ0) is 103. The third kappa shape index (κ3) is 79.9. The highest BCUT2D eigenvalue weighted by atomic mass is 16.5. The minimum Gasteiger partial charge on any atom is -0.393 e. The van der Waals surface area contributed by atoms with Crippen LogP contribution >= 0.6 is 0 Å². The second-order valence-electron chi connectivity index (χ2n) is 48.5. The monoisotopic (exact) mass is 1920 g/mol. The van der Waals surface area contributed by atoms with Gasteiger partial charge in [0.1, 0.15) is 17.3 Å². The van der Waals surface area contributed by atoms with Crippen LogP contribution in [0.25, 0.3) is 0 Å². The van der Waals surface area contributed by atoms with E-state index < -0.39 is 0 Å². The summed E-state index contributed by atoms with van der Waals surface area (Å²) in [5.74, 6) is 15.6. The van der Waals surface area contributed by atoms with Gasteiger partial charge in [0, 0.05) is 116 Å². The number of nitrogens with zero attached hydrogens (tertiary/aromatic N) is 5. The molecular formula is C122H244N6O8. The zero-order valence-corrected chi connectivity index (χ0v) is 96.3. The van der Waals surface area contributed by atoms with Crippen molar-refractivity contribution in [3.8, 4) is 0 Å². The van der Waals surface area contributed by atoms with Crippen molar-refractivity contribution in [1.82, 2.24) is 29.8 Å².